The van der Waals surface area contributed by atoms with Crippen molar-refractivity contribution in [2.24, 2.45) is 0 Å². The predicted octanol–water partition coefficient (Wildman–Crippen LogP) is 9.27. The van der Waals surface area contributed by atoms with Gasteiger partial charge in [0, 0.05) is 12.8 Å². The molecule has 0 saturated heterocycles. The molecule has 0 rings (SSSR count). The number of ether oxygens (including phenoxy) is 1. The highest BCUT2D eigenvalue weighted by Crippen LogP contribution is 2.15. The van der Waals surface area contributed by atoms with Crippen molar-refractivity contribution in [1.29, 1.82) is 0 Å². The van der Waals surface area contributed by atoms with Crippen LogP contribution in [0.5, 0.6) is 0 Å². The summed E-state index contributed by atoms with van der Waals surface area (Å²) in [5.74, 6) is -0.912. The van der Waals surface area contributed by atoms with Crippen LogP contribution in [0, 0.1) is 0 Å². The summed E-state index contributed by atoms with van der Waals surface area (Å²) in [5, 5.41) is 8.79. The summed E-state index contributed by atoms with van der Waals surface area (Å²) in [6, 6.07) is 0. The molecule has 0 spiro atoms. The first-order valence-corrected chi connectivity index (χ1v) is 14.1. The van der Waals surface area contributed by atoms with Crippen LogP contribution < -0.4 is 0 Å². The SMILES string of the molecule is CC/C=C\C/C=C\C/C=C\C/C=C\CCCCCCCCC(=O)OC(CCCC)CCCC(=O)O. The molecule has 0 saturated carbocycles. The summed E-state index contributed by atoms with van der Waals surface area (Å²) in [6.45, 7) is 4.26. The second kappa shape index (κ2) is 26.5. The topological polar surface area (TPSA) is 63.6 Å². The van der Waals surface area contributed by atoms with Gasteiger partial charge >= 0.3 is 11.9 Å². The quantitative estimate of drug-likeness (QED) is 0.0835. The normalized spacial score (nSPS) is 13.0. The molecule has 0 aromatic rings. The maximum Gasteiger partial charge on any atom is 0.306 e. The van der Waals surface area contributed by atoms with Gasteiger partial charge in [-0.25, -0.2) is 0 Å². The molecule has 0 fully saturated rings. The Bertz CT molecular complexity index is 615. The van der Waals surface area contributed by atoms with Gasteiger partial charge in [0.15, 0.2) is 0 Å². The molecule has 0 heterocycles. The van der Waals surface area contributed by atoms with Crippen LogP contribution in [0.4, 0.5) is 0 Å². The lowest BCUT2D eigenvalue weighted by atomic mass is 10.1. The number of aliphatic carboxylic acids is 1. The number of hydrogen-bond acceptors (Lipinski definition) is 3. The van der Waals surface area contributed by atoms with Crippen molar-refractivity contribution in [3.05, 3.63) is 48.6 Å². The molecule has 1 N–H and O–H groups in total. The molecule has 0 aliphatic carbocycles. The summed E-state index contributed by atoms with van der Waals surface area (Å²) in [6.07, 6.45) is 34.6. The first-order valence-electron chi connectivity index (χ1n) is 14.1. The van der Waals surface area contributed by atoms with E-state index in [-0.39, 0.29) is 18.5 Å². The monoisotopic (exact) mass is 488 g/mol. The number of carbonyl (C=O) groups excluding carboxylic acids is 1. The largest absolute Gasteiger partial charge is 0.481 e. The van der Waals surface area contributed by atoms with Crippen molar-refractivity contribution in [3.8, 4) is 0 Å². The molecule has 4 nitrogen and oxygen atoms in total. The Morgan fingerprint density at radius 3 is 1.80 bits per heavy atom. The van der Waals surface area contributed by atoms with Crippen LogP contribution in [0.2, 0.25) is 0 Å². The number of carbonyl (C=O) groups is 2. The Balaban J connectivity index is 3.65. The average molecular weight is 489 g/mol. The van der Waals surface area contributed by atoms with Gasteiger partial charge in [-0.1, -0.05) is 101 Å². The minimum absolute atomic E-state index is 0.124. The van der Waals surface area contributed by atoms with Crippen LogP contribution in [-0.4, -0.2) is 23.1 Å². The Morgan fingerprint density at radius 2 is 1.20 bits per heavy atom. The highest BCUT2D eigenvalue weighted by Gasteiger charge is 2.14. The fourth-order valence-corrected chi connectivity index (χ4v) is 3.76. The van der Waals surface area contributed by atoms with E-state index in [1.807, 2.05) is 0 Å². The summed E-state index contributed by atoms with van der Waals surface area (Å²) in [7, 11) is 0. The second-order valence-electron chi connectivity index (χ2n) is 9.20. The van der Waals surface area contributed by atoms with E-state index in [9.17, 15) is 9.59 Å². The number of carboxylic acid groups (broad SMARTS) is 1. The van der Waals surface area contributed by atoms with Gasteiger partial charge in [-0.15, -0.1) is 0 Å². The molecule has 0 radical (unpaired) electrons. The van der Waals surface area contributed by atoms with E-state index in [0.29, 0.717) is 19.3 Å². The van der Waals surface area contributed by atoms with Gasteiger partial charge in [-0.3, -0.25) is 9.59 Å². The van der Waals surface area contributed by atoms with Crippen LogP contribution in [0.3, 0.4) is 0 Å². The molecule has 35 heavy (non-hydrogen) atoms. The molecule has 4 heteroatoms. The molecular weight excluding hydrogens is 436 g/mol. The van der Waals surface area contributed by atoms with Crippen molar-refractivity contribution in [3.63, 3.8) is 0 Å². The smallest absolute Gasteiger partial charge is 0.306 e. The van der Waals surface area contributed by atoms with Gasteiger partial charge in [0.05, 0.1) is 0 Å². The molecule has 0 aliphatic heterocycles. The first kappa shape index (κ1) is 32.9. The third-order valence-electron chi connectivity index (χ3n) is 5.82. The van der Waals surface area contributed by atoms with E-state index in [1.165, 1.54) is 25.7 Å². The third kappa shape index (κ3) is 26.3. The van der Waals surface area contributed by atoms with E-state index < -0.39 is 5.97 Å². The van der Waals surface area contributed by atoms with Gasteiger partial charge < -0.3 is 9.84 Å². The van der Waals surface area contributed by atoms with Crippen LogP contribution in [-0.2, 0) is 14.3 Å². The van der Waals surface area contributed by atoms with Gasteiger partial charge in [0.2, 0.25) is 0 Å². The average Bonchev–Trinajstić information content (AvgIpc) is 2.83. The molecule has 0 amide bonds. The molecule has 0 aliphatic rings. The number of allylic oxidation sites excluding steroid dienone is 8. The van der Waals surface area contributed by atoms with Crippen molar-refractivity contribution in [2.75, 3.05) is 0 Å². The first-order chi connectivity index (χ1) is 17.1. The van der Waals surface area contributed by atoms with Crippen molar-refractivity contribution < 1.29 is 19.4 Å². The zero-order valence-corrected chi connectivity index (χ0v) is 22.6. The van der Waals surface area contributed by atoms with E-state index in [1.54, 1.807) is 0 Å². The lowest BCUT2D eigenvalue weighted by Gasteiger charge is -2.17. The molecular formula is C31H52O4. The zero-order valence-electron chi connectivity index (χ0n) is 22.6. The maximum atomic E-state index is 12.1. The number of hydrogen-bond donors (Lipinski definition) is 1. The highest BCUT2D eigenvalue weighted by atomic mass is 16.5. The maximum absolute atomic E-state index is 12.1. The van der Waals surface area contributed by atoms with Crippen LogP contribution in [0.1, 0.15) is 129 Å². The van der Waals surface area contributed by atoms with Crippen molar-refractivity contribution >= 4 is 11.9 Å². The molecule has 1 atom stereocenters. The van der Waals surface area contributed by atoms with E-state index in [2.05, 4.69) is 62.5 Å². The number of rotatable bonds is 24. The summed E-state index contributed by atoms with van der Waals surface area (Å²) >= 11 is 0. The third-order valence-corrected chi connectivity index (χ3v) is 5.82. The lowest BCUT2D eigenvalue weighted by molar-refractivity contribution is -0.150. The Kier molecular flexibility index (Phi) is 24.9. The Morgan fingerprint density at radius 1 is 0.657 bits per heavy atom. The number of esters is 1. The molecule has 0 aromatic carbocycles. The fraction of sp³-hybridized carbons (Fsp3) is 0.677. The number of unbranched alkanes of at least 4 members (excludes halogenated alkanes) is 7. The fourth-order valence-electron chi connectivity index (χ4n) is 3.76. The number of carboxylic acids is 1. The molecule has 0 aromatic heterocycles. The highest BCUT2D eigenvalue weighted by molar-refractivity contribution is 5.69. The van der Waals surface area contributed by atoms with Crippen LogP contribution >= 0.6 is 0 Å². The van der Waals surface area contributed by atoms with E-state index in [0.717, 1.165) is 64.2 Å². The minimum atomic E-state index is -0.788. The van der Waals surface area contributed by atoms with Crippen molar-refractivity contribution in [2.45, 2.75) is 136 Å². The summed E-state index contributed by atoms with van der Waals surface area (Å²) < 4.78 is 5.62. The van der Waals surface area contributed by atoms with Crippen LogP contribution in [0.15, 0.2) is 48.6 Å². The molecule has 1 unspecified atom stereocenters. The second-order valence-corrected chi connectivity index (χ2v) is 9.20. The van der Waals surface area contributed by atoms with Gasteiger partial charge in [0.1, 0.15) is 6.10 Å². The standard InChI is InChI=1S/C31H52O4/c1-3-5-7-8-9-10-11-12-13-14-15-16-17-18-19-20-21-22-23-28-31(34)35-29(25-6-4-2)26-24-27-30(32)33/h5,7,9-10,12-13,15-16,29H,3-4,6,8,11,14,17-28H2,1-2H3,(H,32,33)/b7-5-,10-9-,13-12-,16-15-. The van der Waals surface area contributed by atoms with Gasteiger partial charge in [-0.2, -0.15) is 0 Å². The van der Waals surface area contributed by atoms with E-state index >= 15 is 0 Å². The van der Waals surface area contributed by atoms with Crippen LogP contribution in [0.25, 0.3) is 0 Å². The van der Waals surface area contributed by atoms with Crippen molar-refractivity contribution in [1.82, 2.24) is 0 Å². The predicted molar refractivity (Wildman–Crippen MR) is 149 cm³/mol. The molecule has 0 bridgehead atoms. The summed E-state index contributed by atoms with van der Waals surface area (Å²) in [4.78, 5) is 22.8. The zero-order chi connectivity index (χ0) is 25.8. The van der Waals surface area contributed by atoms with Gasteiger partial charge in [-0.05, 0) is 64.2 Å². The Hall–Kier alpha value is -2.10. The van der Waals surface area contributed by atoms with Gasteiger partial charge in [0.25, 0.3) is 0 Å². The summed E-state index contributed by atoms with van der Waals surface area (Å²) in [5.41, 5.74) is 0. The minimum Gasteiger partial charge on any atom is -0.481 e. The molecule has 200 valence electrons. The Labute approximate surface area is 215 Å². The lowest BCUT2D eigenvalue weighted by Crippen LogP contribution is -2.18. The van der Waals surface area contributed by atoms with E-state index in [4.69, 9.17) is 9.84 Å².